The van der Waals surface area contributed by atoms with Crippen LogP contribution >= 0.6 is 0 Å². The third-order valence-corrected chi connectivity index (χ3v) is 3.08. The standard InChI is InChI=1S/C12H15N3/c1-2-8-15-11(9-13-12(15)5-1)10-14-6-3-4-7-14/h1-2,5,8-9H,3-4,6-7,10H2. The van der Waals surface area contributed by atoms with E-state index in [0.717, 1.165) is 12.2 Å². The Morgan fingerprint density at radius 3 is 2.93 bits per heavy atom. The van der Waals surface area contributed by atoms with Crippen LogP contribution in [0.2, 0.25) is 0 Å². The molecule has 0 spiro atoms. The smallest absolute Gasteiger partial charge is 0.136 e. The van der Waals surface area contributed by atoms with Crippen LogP contribution in [0.1, 0.15) is 18.5 Å². The minimum atomic E-state index is 1.03. The normalized spacial score (nSPS) is 17.6. The van der Waals surface area contributed by atoms with Crippen LogP contribution in [0.4, 0.5) is 0 Å². The third kappa shape index (κ3) is 1.63. The van der Waals surface area contributed by atoms with Crippen molar-refractivity contribution in [3.8, 4) is 0 Å². The molecular weight excluding hydrogens is 186 g/mol. The number of nitrogens with zero attached hydrogens (tertiary/aromatic N) is 3. The van der Waals surface area contributed by atoms with Crippen LogP contribution in [0.15, 0.2) is 30.6 Å². The predicted molar refractivity (Wildman–Crippen MR) is 59.7 cm³/mol. The summed E-state index contributed by atoms with van der Waals surface area (Å²) < 4.78 is 2.18. The number of hydrogen-bond donors (Lipinski definition) is 0. The molecule has 0 amide bonds. The first-order valence-electron chi connectivity index (χ1n) is 5.57. The highest BCUT2D eigenvalue weighted by Gasteiger charge is 2.13. The molecule has 1 saturated heterocycles. The molecule has 0 saturated carbocycles. The summed E-state index contributed by atoms with van der Waals surface area (Å²) in [5, 5.41) is 0. The Balaban J connectivity index is 1.90. The Morgan fingerprint density at radius 1 is 1.20 bits per heavy atom. The van der Waals surface area contributed by atoms with Crippen molar-refractivity contribution in [2.24, 2.45) is 0 Å². The summed E-state index contributed by atoms with van der Waals surface area (Å²) in [5.41, 5.74) is 2.35. The Bertz CT molecular complexity index is 455. The SMILES string of the molecule is c1ccn2c(CN3CCCC3)cnc2c1. The zero-order valence-electron chi connectivity index (χ0n) is 8.76. The molecule has 0 bridgehead atoms. The van der Waals surface area contributed by atoms with E-state index in [0.29, 0.717) is 0 Å². The quantitative estimate of drug-likeness (QED) is 0.740. The summed E-state index contributed by atoms with van der Waals surface area (Å²) in [6.07, 6.45) is 6.77. The fraction of sp³-hybridized carbons (Fsp3) is 0.417. The number of likely N-dealkylation sites (tertiary alicyclic amines) is 1. The number of pyridine rings is 1. The monoisotopic (exact) mass is 201 g/mol. The van der Waals surface area contributed by atoms with Crippen LogP contribution in [0, 0.1) is 0 Å². The number of hydrogen-bond acceptors (Lipinski definition) is 2. The van der Waals surface area contributed by atoms with Gasteiger partial charge in [0.1, 0.15) is 5.65 Å². The molecule has 2 aromatic rings. The van der Waals surface area contributed by atoms with Crippen LogP contribution in [0.5, 0.6) is 0 Å². The number of imidazole rings is 1. The number of rotatable bonds is 2. The van der Waals surface area contributed by atoms with Gasteiger partial charge in [-0.2, -0.15) is 0 Å². The summed E-state index contributed by atoms with van der Waals surface area (Å²) in [6, 6.07) is 6.14. The van der Waals surface area contributed by atoms with Crippen molar-refractivity contribution in [3.05, 3.63) is 36.3 Å². The van der Waals surface area contributed by atoms with E-state index in [1.54, 1.807) is 0 Å². The molecule has 0 atom stereocenters. The topological polar surface area (TPSA) is 20.5 Å². The molecule has 0 aliphatic carbocycles. The molecule has 1 aliphatic heterocycles. The number of fused-ring (bicyclic) bond motifs is 1. The van der Waals surface area contributed by atoms with Gasteiger partial charge in [0.15, 0.2) is 0 Å². The maximum absolute atomic E-state index is 4.40. The van der Waals surface area contributed by atoms with Gasteiger partial charge in [-0.15, -0.1) is 0 Å². The van der Waals surface area contributed by atoms with Crippen LogP contribution in [0.25, 0.3) is 5.65 Å². The third-order valence-electron chi connectivity index (χ3n) is 3.08. The minimum Gasteiger partial charge on any atom is -0.303 e. The van der Waals surface area contributed by atoms with Crippen molar-refractivity contribution in [2.75, 3.05) is 13.1 Å². The van der Waals surface area contributed by atoms with E-state index in [4.69, 9.17) is 0 Å². The van der Waals surface area contributed by atoms with E-state index in [1.165, 1.54) is 31.6 Å². The lowest BCUT2D eigenvalue weighted by molar-refractivity contribution is 0.326. The first-order valence-corrected chi connectivity index (χ1v) is 5.57. The maximum Gasteiger partial charge on any atom is 0.136 e. The van der Waals surface area contributed by atoms with Crippen LogP contribution in [-0.2, 0) is 6.54 Å². The molecule has 78 valence electrons. The second-order valence-corrected chi connectivity index (χ2v) is 4.16. The molecule has 0 radical (unpaired) electrons. The van der Waals surface area contributed by atoms with Crippen molar-refractivity contribution in [2.45, 2.75) is 19.4 Å². The molecule has 0 unspecified atom stereocenters. The zero-order valence-corrected chi connectivity index (χ0v) is 8.76. The van der Waals surface area contributed by atoms with Gasteiger partial charge in [0, 0.05) is 12.7 Å². The molecule has 3 heterocycles. The average molecular weight is 201 g/mol. The highest BCUT2D eigenvalue weighted by Crippen LogP contribution is 2.13. The summed E-state index contributed by atoms with van der Waals surface area (Å²) in [6.45, 7) is 3.51. The van der Waals surface area contributed by atoms with Gasteiger partial charge in [-0.25, -0.2) is 4.98 Å². The molecule has 0 aromatic carbocycles. The van der Waals surface area contributed by atoms with Gasteiger partial charge >= 0.3 is 0 Å². The first kappa shape index (κ1) is 8.92. The average Bonchev–Trinajstić information content (AvgIpc) is 2.89. The van der Waals surface area contributed by atoms with Crippen LogP contribution in [-0.4, -0.2) is 27.4 Å². The van der Waals surface area contributed by atoms with E-state index in [-0.39, 0.29) is 0 Å². The molecule has 1 aliphatic rings. The van der Waals surface area contributed by atoms with Gasteiger partial charge in [-0.3, -0.25) is 4.90 Å². The van der Waals surface area contributed by atoms with Crippen molar-refractivity contribution in [1.29, 1.82) is 0 Å². The zero-order chi connectivity index (χ0) is 10.1. The molecule has 3 rings (SSSR count). The fourth-order valence-electron chi connectivity index (χ4n) is 2.27. The van der Waals surface area contributed by atoms with Gasteiger partial charge < -0.3 is 4.40 Å². The molecule has 0 N–H and O–H groups in total. The molecule has 15 heavy (non-hydrogen) atoms. The lowest BCUT2D eigenvalue weighted by atomic mass is 10.4. The van der Waals surface area contributed by atoms with Gasteiger partial charge in [0.05, 0.1) is 11.9 Å². The molecule has 1 fully saturated rings. The predicted octanol–water partition coefficient (Wildman–Crippen LogP) is 1.93. The Labute approximate surface area is 89.3 Å². The minimum absolute atomic E-state index is 1.03. The summed E-state index contributed by atoms with van der Waals surface area (Å²) in [4.78, 5) is 6.89. The Kier molecular flexibility index (Phi) is 2.18. The van der Waals surface area contributed by atoms with E-state index < -0.39 is 0 Å². The number of aromatic nitrogens is 2. The highest BCUT2D eigenvalue weighted by molar-refractivity contribution is 5.39. The Hall–Kier alpha value is -1.35. The van der Waals surface area contributed by atoms with Crippen molar-refractivity contribution in [1.82, 2.24) is 14.3 Å². The summed E-state index contributed by atoms with van der Waals surface area (Å²) in [5.74, 6) is 0. The summed E-state index contributed by atoms with van der Waals surface area (Å²) in [7, 11) is 0. The van der Waals surface area contributed by atoms with Crippen LogP contribution in [0.3, 0.4) is 0 Å². The van der Waals surface area contributed by atoms with E-state index in [2.05, 4.69) is 26.5 Å². The second-order valence-electron chi connectivity index (χ2n) is 4.16. The molecule has 2 aromatic heterocycles. The molecule has 3 nitrogen and oxygen atoms in total. The molecule has 3 heteroatoms. The molecular formula is C12H15N3. The lowest BCUT2D eigenvalue weighted by Gasteiger charge is -2.13. The fourth-order valence-corrected chi connectivity index (χ4v) is 2.27. The van der Waals surface area contributed by atoms with E-state index >= 15 is 0 Å². The Morgan fingerprint density at radius 2 is 2.07 bits per heavy atom. The van der Waals surface area contributed by atoms with Crippen molar-refractivity contribution in [3.63, 3.8) is 0 Å². The first-order chi connectivity index (χ1) is 7.43. The lowest BCUT2D eigenvalue weighted by Crippen LogP contribution is -2.19. The largest absolute Gasteiger partial charge is 0.303 e. The second kappa shape index (κ2) is 3.66. The van der Waals surface area contributed by atoms with Gasteiger partial charge in [-0.05, 0) is 38.1 Å². The summed E-state index contributed by atoms with van der Waals surface area (Å²) >= 11 is 0. The van der Waals surface area contributed by atoms with E-state index in [9.17, 15) is 0 Å². The van der Waals surface area contributed by atoms with Crippen molar-refractivity contribution < 1.29 is 0 Å². The van der Waals surface area contributed by atoms with Crippen molar-refractivity contribution >= 4 is 5.65 Å². The van der Waals surface area contributed by atoms with E-state index in [1.807, 2.05) is 18.3 Å². The van der Waals surface area contributed by atoms with Gasteiger partial charge in [-0.1, -0.05) is 6.07 Å². The highest BCUT2D eigenvalue weighted by atomic mass is 15.2. The van der Waals surface area contributed by atoms with Crippen LogP contribution < -0.4 is 0 Å². The van der Waals surface area contributed by atoms with Gasteiger partial charge in [0.2, 0.25) is 0 Å². The van der Waals surface area contributed by atoms with Gasteiger partial charge in [0.25, 0.3) is 0 Å². The maximum atomic E-state index is 4.40.